The highest BCUT2D eigenvalue weighted by molar-refractivity contribution is 7.89. The average molecular weight is 300 g/mol. The van der Waals surface area contributed by atoms with E-state index in [1.165, 1.54) is 4.31 Å². The van der Waals surface area contributed by atoms with Crippen molar-refractivity contribution in [2.24, 2.45) is 0 Å². The van der Waals surface area contributed by atoms with Crippen molar-refractivity contribution in [3.05, 3.63) is 0 Å². The molecule has 8 heteroatoms. The van der Waals surface area contributed by atoms with Gasteiger partial charge in [-0.15, -0.1) is 12.4 Å². The van der Waals surface area contributed by atoms with E-state index >= 15 is 0 Å². The first kappa shape index (κ1) is 17.6. The van der Waals surface area contributed by atoms with Crippen LogP contribution in [0.4, 0.5) is 0 Å². The lowest BCUT2D eigenvalue weighted by atomic mass is 10.3. The van der Waals surface area contributed by atoms with Gasteiger partial charge < -0.3 is 10.6 Å². The summed E-state index contributed by atoms with van der Waals surface area (Å²) in [4.78, 5) is 11.5. The van der Waals surface area contributed by atoms with Crippen molar-refractivity contribution in [2.75, 3.05) is 32.4 Å². The van der Waals surface area contributed by atoms with E-state index in [-0.39, 0.29) is 36.5 Å². The van der Waals surface area contributed by atoms with Crippen LogP contribution in [-0.4, -0.2) is 57.1 Å². The molecule has 6 nitrogen and oxygen atoms in total. The van der Waals surface area contributed by atoms with Crippen molar-refractivity contribution in [3.63, 3.8) is 0 Å². The Morgan fingerprint density at radius 1 is 1.44 bits per heavy atom. The molecule has 1 saturated heterocycles. The van der Waals surface area contributed by atoms with Crippen LogP contribution in [-0.2, 0) is 14.8 Å². The standard InChI is InChI=1S/C10H21N3O3S.ClH/c1-9(11-2)8-12-10(14)4-6-13-5-3-7-17(13,15)16;/h9,11H,3-8H2,1-2H3,(H,12,14);1H. The minimum Gasteiger partial charge on any atom is -0.355 e. The molecular formula is C10H22ClN3O3S. The fourth-order valence-electron chi connectivity index (χ4n) is 1.63. The largest absolute Gasteiger partial charge is 0.355 e. The van der Waals surface area contributed by atoms with Crippen LogP contribution in [0.15, 0.2) is 0 Å². The van der Waals surface area contributed by atoms with Crippen molar-refractivity contribution in [1.82, 2.24) is 14.9 Å². The molecule has 0 spiro atoms. The third kappa shape index (κ3) is 5.51. The number of hydrogen-bond acceptors (Lipinski definition) is 4. The van der Waals surface area contributed by atoms with Crippen LogP contribution in [0.5, 0.6) is 0 Å². The molecule has 0 aromatic carbocycles. The highest BCUT2D eigenvalue weighted by Gasteiger charge is 2.27. The van der Waals surface area contributed by atoms with Gasteiger partial charge in [-0.05, 0) is 20.4 Å². The van der Waals surface area contributed by atoms with E-state index in [4.69, 9.17) is 0 Å². The molecule has 0 aromatic rings. The number of nitrogens with one attached hydrogen (secondary N) is 2. The Bertz CT molecular complexity index is 361. The molecule has 108 valence electrons. The molecule has 2 N–H and O–H groups in total. The number of sulfonamides is 1. The monoisotopic (exact) mass is 299 g/mol. The van der Waals surface area contributed by atoms with Gasteiger partial charge in [0.1, 0.15) is 0 Å². The molecule has 1 aliphatic heterocycles. The van der Waals surface area contributed by atoms with Gasteiger partial charge in [-0.1, -0.05) is 0 Å². The first-order chi connectivity index (χ1) is 7.95. The SMILES string of the molecule is CNC(C)CNC(=O)CCN1CCCS1(=O)=O.Cl. The van der Waals surface area contributed by atoms with Gasteiger partial charge in [0.2, 0.25) is 15.9 Å². The Labute approximate surface area is 115 Å². The van der Waals surface area contributed by atoms with Crippen molar-refractivity contribution >= 4 is 28.3 Å². The molecule has 1 fully saturated rings. The lowest BCUT2D eigenvalue weighted by Crippen LogP contribution is -2.38. The van der Waals surface area contributed by atoms with E-state index in [1.54, 1.807) is 0 Å². The second-order valence-electron chi connectivity index (χ2n) is 4.31. The first-order valence-electron chi connectivity index (χ1n) is 5.87. The lowest BCUT2D eigenvalue weighted by molar-refractivity contribution is -0.121. The third-order valence-corrected chi connectivity index (χ3v) is 4.85. The summed E-state index contributed by atoms with van der Waals surface area (Å²) in [6, 6.07) is 0.217. The Hall–Kier alpha value is -0.370. The summed E-state index contributed by atoms with van der Waals surface area (Å²) in [6.45, 7) is 3.36. The van der Waals surface area contributed by atoms with Gasteiger partial charge in [-0.25, -0.2) is 12.7 Å². The zero-order chi connectivity index (χ0) is 12.9. The molecule has 0 aliphatic carbocycles. The van der Waals surface area contributed by atoms with Crippen LogP contribution in [0, 0.1) is 0 Å². The number of nitrogens with zero attached hydrogens (tertiary/aromatic N) is 1. The van der Waals surface area contributed by atoms with E-state index in [1.807, 2.05) is 14.0 Å². The molecule has 1 rings (SSSR count). The van der Waals surface area contributed by atoms with Gasteiger partial charge in [0.25, 0.3) is 0 Å². The number of carbonyl (C=O) groups is 1. The van der Waals surface area contributed by atoms with Crippen LogP contribution in [0.1, 0.15) is 19.8 Å². The Kier molecular flexibility index (Phi) is 7.77. The summed E-state index contributed by atoms with van der Waals surface area (Å²) in [5, 5.41) is 5.77. The van der Waals surface area contributed by atoms with E-state index < -0.39 is 10.0 Å². The molecule has 1 atom stereocenters. The molecule has 1 unspecified atom stereocenters. The predicted octanol–water partition coefficient (Wildman–Crippen LogP) is -0.442. The number of likely N-dealkylation sites (N-methyl/N-ethyl adjacent to an activating group) is 1. The van der Waals surface area contributed by atoms with Gasteiger partial charge in [0.15, 0.2) is 0 Å². The number of halogens is 1. The number of amides is 1. The van der Waals surface area contributed by atoms with Gasteiger partial charge in [0, 0.05) is 32.1 Å². The Morgan fingerprint density at radius 3 is 2.61 bits per heavy atom. The molecule has 1 amide bonds. The highest BCUT2D eigenvalue weighted by atomic mass is 35.5. The number of rotatable bonds is 6. The highest BCUT2D eigenvalue weighted by Crippen LogP contribution is 2.13. The van der Waals surface area contributed by atoms with Gasteiger partial charge in [-0.3, -0.25) is 4.79 Å². The maximum absolute atomic E-state index is 11.5. The van der Waals surface area contributed by atoms with E-state index in [2.05, 4.69) is 10.6 Å². The van der Waals surface area contributed by atoms with Crippen molar-refractivity contribution in [1.29, 1.82) is 0 Å². The van der Waals surface area contributed by atoms with E-state index in [0.717, 1.165) is 0 Å². The predicted molar refractivity (Wildman–Crippen MR) is 73.4 cm³/mol. The topological polar surface area (TPSA) is 78.5 Å². The summed E-state index contributed by atoms with van der Waals surface area (Å²) in [6.07, 6.45) is 0.899. The number of carbonyl (C=O) groups excluding carboxylic acids is 1. The zero-order valence-electron chi connectivity index (χ0n) is 10.8. The second-order valence-corrected chi connectivity index (χ2v) is 6.40. The minimum atomic E-state index is -3.08. The molecule has 0 aromatic heterocycles. The van der Waals surface area contributed by atoms with Gasteiger partial charge in [-0.2, -0.15) is 0 Å². The minimum absolute atomic E-state index is 0. The van der Waals surface area contributed by atoms with E-state index in [0.29, 0.717) is 26.1 Å². The van der Waals surface area contributed by atoms with Gasteiger partial charge in [0.05, 0.1) is 5.75 Å². The summed E-state index contributed by atoms with van der Waals surface area (Å²) in [7, 11) is -1.25. The molecule has 18 heavy (non-hydrogen) atoms. The second kappa shape index (κ2) is 7.93. The van der Waals surface area contributed by atoms with Crippen LogP contribution < -0.4 is 10.6 Å². The van der Waals surface area contributed by atoms with Crippen molar-refractivity contribution in [3.8, 4) is 0 Å². The first-order valence-corrected chi connectivity index (χ1v) is 7.48. The Balaban J connectivity index is 0.00000289. The number of hydrogen-bond donors (Lipinski definition) is 2. The van der Waals surface area contributed by atoms with Crippen LogP contribution >= 0.6 is 12.4 Å². The summed E-state index contributed by atoms with van der Waals surface area (Å²) in [5.41, 5.74) is 0. The summed E-state index contributed by atoms with van der Waals surface area (Å²) in [5.74, 6) is 0.111. The molecular weight excluding hydrogens is 278 g/mol. The fourth-order valence-corrected chi connectivity index (χ4v) is 3.15. The molecule has 1 heterocycles. The average Bonchev–Trinajstić information content (AvgIpc) is 2.62. The zero-order valence-corrected chi connectivity index (χ0v) is 12.4. The fraction of sp³-hybridized carbons (Fsp3) is 0.900. The van der Waals surface area contributed by atoms with Crippen molar-refractivity contribution < 1.29 is 13.2 Å². The third-order valence-electron chi connectivity index (χ3n) is 2.89. The van der Waals surface area contributed by atoms with Crippen LogP contribution in [0.25, 0.3) is 0 Å². The van der Waals surface area contributed by atoms with Gasteiger partial charge >= 0.3 is 0 Å². The smallest absolute Gasteiger partial charge is 0.221 e. The molecule has 0 saturated carbocycles. The van der Waals surface area contributed by atoms with Crippen LogP contribution in [0.3, 0.4) is 0 Å². The normalized spacial score (nSPS) is 20.1. The summed E-state index contributed by atoms with van der Waals surface area (Å²) >= 11 is 0. The molecule has 1 aliphatic rings. The summed E-state index contributed by atoms with van der Waals surface area (Å²) < 4.78 is 24.3. The van der Waals surface area contributed by atoms with E-state index in [9.17, 15) is 13.2 Å². The molecule has 0 bridgehead atoms. The lowest BCUT2D eigenvalue weighted by Gasteiger charge is -2.15. The van der Waals surface area contributed by atoms with Crippen LogP contribution in [0.2, 0.25) is 0 Å². The molecule has 0 radical (unpaired) electrons. The maximum atomic E-state index is 11.5. The quantitative estimate of drug-likeness (QED) is 0.697. The van der Waals surface area contributed by atoms with Crippen molar-refractivity contribution in [2.45, 2.75) is 25.8 Å². The maximum Gasteiger partial charge on any atom is 0.221 e. The Morgan fingerprint density at radius 2 is 2.11 bits per heavy atom.